The molecule has 3 rings (SSSR count). The minimum Gasteiger partial charge on any atom is -0.435 e. The second kappa shape index (κ2) is 8.12. The van der Waals surface area contributed by atoms with Gasteiger partial charge in [-0.05, 0) is 29.7 Å². The molecule has 2 aromatic carbocycles. The summed E-state index contributed by atoms with van der Waals surface area (Å²) in [6, 6.07) is 16.3. The summed E-state index contributed by atoms with van der Waals surface area (Å²) in [5, 5.41) is 10.5. The molecule has 0 aromatic heterocycles. The molecule has 0 bridgehead atoms. The third kappa shape index (κ3) is 4.68. The highest BCUT2D eigenvalue weighted by Crippen LogP contribution is 2.34. The van der Waals surface area contributed by atoms with Gasteiger partial charge in [-0.3, -0.25) is 0 Å². The Bertz CT molecular complexity index is 713. The maximum absolute atomic E-state index is 12.2. The Morgan fingerprint density at radius 3 is 2.40 bits per heavy atom. The van der Waals surface area contributed by atoms with Crippen LogP contribution in [0.15, 0.2) is 54.6 Å². The topological polar surface area (TPSA) is 32.7 Å². The third-order valence-corrected chi connectivity index (χ3v) is 5.59. The number of hydrogen-bond donors (Lipinski definition) is 1. The van der Waals surface area contributed by atoms with Crippen molar-refractivity contribution in [3.63, 3.8) is 0 Å². The van der Waals surface area contributed by atoms with E-state index in [1.807, 2.05) is 35.2 Å². The van der Waals surface area contributed by atoms with Crippen LogP contribution in [0.3, 0.4) is 0 Å². The Morgan fingerprint density at radius 1 is 1.08 bits per heavy atom. The van der Waals surface area contributed by atoms with Crippen molar-refractivity contribution >= 4 is 28.3 Å². The summed E-state index contributed by atoms with van der Waals surface area (Å²) >= 11 is 6.87. The number of thiocarbonyl (C=S) groups is 1. The molecule has 2 atom stereocenters. The number of halogens is 2. The molecule has 1 saturated heterocycles. The van der Waals surface area contributed by atoms with E-state index in [4.69, 9.17) is 12.2 Å². The lowest BCUT2D eigenvalue weighted by Crippen LogP contribution is -2.36. The molecule has 3 nitrogen and oxygen atoms in total. The lowest BCUT2D eigenvalue weighted by atomic mass is 10.1. The van der Waals surface area contributed by atoms with Crippen LogP contribution in [0.1, 0.15) is 11.1 Å². The summed E-state index contributed by atoms with van der Waals surface area (Å²) in [5.74, 6) is 0.125. The summed E-state index contributed by atoms with van der Waals surface area (Å²) in [6.45, 7) is -2.27. The van der Waals surface area contributed by atoms with Crippen LogP contribution in [0.25, 0.3) is 0 Å². The van der Waals surface area contributed by atoms with Crippen LogP contribution < -0.4 is 4.74 Å². The van der Waals surface area contributed by atoms with E-state index in [2.05, 4.69) is 4.74 Å². The molecular formula is C18H17F2NO2S2. The van der Waals surface area contributed by atoms with Gasteiger partial charge in [0.15, 0.2) is 0 Å². The van der Waals surface area contributed by atoms with Crippen LogP contribution >= 0.6 is 24.0 Å². The normalized spacial score (nSPS) is 20.3. The summed E-state index contributed by atoms with van der Waals surface area (Å²) in [6.07, 6.45) is -0.0960. The molecule has 1 N–H and O–H groups in total. The molecule has 0 radical (unpaired) electrons. The number of aliphatic hydroxyl groups excluding tert-OH is 1. The van der Waals surface area contributed by atoms with Crippen LogP contribution in [0, 0.1) is 0 Å². The molecule has 0 amide bonds. The molecule has 1 aliphatic rings. The molecule has 0 spiro atoms. The predicted molar refractivity (Wildman–Crippen MR) is 98.7 cm³/mol. The minimum absolute atomic E-state index is 0.0990. The van der Waals surface area contributed by atoms with Gasteiger partial charge in [0.25, 0.3) is 0 Å². The van der Waals surface area contributed by atoms with Gasteiger partial charge in [0.2, 0.25) is 0 Å². The summed E-state index contributed by atoms with van der Waals surface area (Å²) in [4.78, 5) is 1.81. The Kier molecular flexibility index (Phi) is 5.88. The van der Waals surface area contributed by atoms with Crippen molar-refractivity contribution in [1.82, 2.24) is 4.90 Å². The highest BCUT2D eigenvalue weighted by atomic mass is 32.2. The van der Waals surface area contributed by atoms with Crippen LogP contribution in [-0.4, -0.2) is 32.4 Å². The first-order valence-corrected chi connectivity index (χ1v) is 9.05. The maximum Gasteiger partial charge on any atom is 0.387 e. The molecule has 0 unspecified atom stereocenters. The Morgan fingerprint density at radius 2 is 1.76 bits per heavy atom. The number of ether oxygens (including phenoxy) is 1. The van der Waals surface area contributed by atoms with E-state index in [-0.39, 0.29) is 11.0 Å². The average molecular weight is 381 g/mol. The van der Waals surface area contributed by atoms with E-state index in [0.29, 0.717) is 17.3 Å². The summed E-state index contributed by atoms with van der Waals surface area (Å²) < 4.78 is 29.4. The van der Waals surface area contributed by atoms with Gasteiger partial charge in [-0.1, -0.05) is 66.4 Å². The first-order valence-electron chi connectivity index (χ1n) is 7.76. The van der Waals surface area contributed by atoms with Gasteiger partial charge >= 0.3 is 6.61 Å². The monoisotopic (exact) mass is 381 g/mol. The number of hydrogen-bond acceptors (Lipinski definition) is 4. The number of thioether (sulfide) groups is 1. The van der Waals surface area contributed by atoms with Crippen molar-refractivity contribution < 1.29 is 18.6 Å². The summed E-state index contributed by atoms with van der Waals surface area (Å²) in [5.41, 5.74) is 2.01. The molecule has 1 heterocycles. The van der Waals surface area contributed by atoms with Crippen molar-refractivity contribution in [3.8, 4) is 5.75 Å². The quantitative estimate of drug-likeness (QED) is 0.764. The number of alkyl halides is 2. The van der Waals surface area contributed by atoms with Crippen LogP contribution in [0.2, 0.25) is 0 Å². The van der Waals surface area contributed by atoms with Crippen molar-refractivity contribution in [2.75, 3.05) is 0 Å². The molecule has 2 aromatic rings. The number of aliphatic hydroxyl groups is 1. The Balaban J connectivity index is 1.62. The van der Waals surface area contributed by atoms with E-state index in [1.54, 1.807) is 12.1 Å². The smallest absolute Gasteiger partial charge is 0.387 e. The van der Waals surface area contributed by atoms with Gasteiger partial charge in [0.05, 0.1) is 5.25 Å². The van der Waals surface area contributed by atoms with Gasteiger partial charge in [-0.2, -0.15) is 8.78 Å². The Labute approximate surface area is 154 Å². The van der Waals surface area contributed by atoms with Crippen LogP contribution in [0.4, 0.5) is 8.78 Å². The SMILES string of the molecule is O[C@@H]1[C@H](Cc2ccc(OC(F)F)cc2)SC(=S)N1Cc1ccccc1. The average Bonchev–Trinajstić information content (AvgIpc) is 2.85. The second-order valence-electron chi connectivity index (χ2n) is 5.68. The molecule has 0 aliphatic carbocycles. The van der Waals surface area contributed by atoms with Gasteiger partial charge in [-0.15, -0.1) is 0 Å². The lowest BCUT2D eigenvalue weighted by molar-refractivity contribution is -0.0498. The van der Waals surface area contributed by atoms with E-state index in [0.717, 1.165) is 11.1 Å². The number of nitrogens with zero attached hydrogens (tertiary/aromatic N) is 1. The second-order valence-corrected chi connectivity index (χ2v) is 7.55. The molecule has 1 aliphatic heterocycles. The zero-order valence-corrected chi connectivity index (χ0v) is 14.9. The maximum atomic E-state index is 12.2. The fourth-order valence-electron chi connectivity index (χ4n) is 2.69. The molecule has 0 saturated carbocycles. The molecule has 25 heavy (non-hydrogen) atoms. The highest BCUT2D eigenvalue weighted by molar-refractivity contribution is 8.23. The molecule has 132 valence electrons. The largest absolute Gasteiger partial charge is 0.435 e. The van der Waals surface area contributed by atoms with E-state index >= 15 is 0 Å². The van der Waals surface area contributed by atoms with Gasteiger partial charge in [0, 0.05) is 6.54 Å². The highest BCUT2D eigenvalue weighted by Gasteiger charge is 2.36. The lowest BCUT2D eigenvalue weighted by Gasteiger charge is -2.24. The van der Waals surface area contributed by atoms with Crippen molar-refractivity contribution in [1.29, 1.82) is 0 Å². The van der Waals surface area contributed by atoms with Crippen molar-refractivity contribution in [2.45, 2.75) is 31.1 Å². The van der Waals surface area contributed by atoms with Crippen LogP contribution in [-0.2, 0) is 13.0 Å². The van der Waals surface area contributed by atoms with Crippen molar-refractivity contribution in [3.05, 3.63) is 65.7 Å². The molecule has 7 heteroatoms. The summed E-state index contributed by atoms with van der Waals surface area (Å²) in [7, 11) is 0. The zero-order valence-electron chi connectivity index (χ0n) is 13.2. The number of rotatable bonds is 6. The van der Waals surface area contributed by atoms with E-state index < -0.39 is 12.8 Å². The first-order chi connectivity index (χ1) is 12.0. The predicted octanol–water partition coefficient (Wildman–Crippen LogP) is 4.05. The zero-order chi connectivity index (χ0) is 17.8. The minimum atomic E-state index is -2.83. The van der Waals surface area contributed by atoms with Crippen molar-refractivity contribution in [2.24, 2.45) is 0 Å². The fourth-order valence-corrected chi connectivity index (χ4v) is 4.35. The van der Waals surface area contributed by atoms with Gasteiger partial charge in [0.1, 0.15) is 16.3 Å². The van der Waals surface area contributed by atoms with Gasteiger partial charge in [-0.25, -0.2) is 0 Å². The molecule has 1 fully saturated rings. The van der Waals surface area contributed by atoms with Crippen LogP contribution in [0.5, 0.6) is 5.75 Å². The standard InChI is InChI=1S/C18H17F2NO2S2/c19-17(20)23-14-8-6-12(7-9-14)10-15-16(22)21(18(24)25-15)11-13-4-2-1-3-5-13/h1-9,15-17,22H,10-11H2/t15-,16+/m0/s1. The fraction of sp³-hybridized carbons (Fsp3) is 0.278. The first kappa shape index (κ1) is 18.1. The van der Waals surface area contributed by atoms with E-state index in [9.17, 15) is 13.9 Å². The third-order valence-electron chi connectivity index (χ3n) is 3.92. The van der Waals surface area contributed by atoms with Gasteiger partial charge < -0.3 is 14.7 Å². The molecular weight excluding hydrogens is 364 g/mol. The van der Waals surface area contributed by atoms with E-state index in [1.165, 1.54) is 23.9 Å². The number of benzene rings is 2. The Hall–Kier alpha value is -1.70.